The number of anilines is 1. The lowest BCUT2D eigenvalue weighted by molar-refractivity contribution is -0.384. The summed E-state index contributed by atoms with van der Waals surface area (Å²) in [5.41, 5.74) is 2.06. The number of aromatic nitrogens is 2. The normalized spacial score (nSPS) is 19.1. The third-order valence-electron chi connectivity index (χ3n) is 4.29. The molecule has 0 saturated heterocycles. The van der Waals surface area contributed by atoms with Crippen LogP contribution in [-0.2, 0) is 4.79 Å². The van der Waals surface area contributed by atoms with Gasteiger partial charge in [0.25, 0.3) is 5.69 Å². The highest BCUT2D eigenvalue weighted by molar-refractivity contribution is 5.97. The number of nitro benzene ring substituents is 1. The minimum Gasteiger partial charge on any atom is -0.300 e. The standard InChI is InChI=1S/C17H11N5O3/c18-9-12-15(10-5-7-11(8-6-10)22(24)25)21-14-4-2-1-3-13(14)19-17(21)20-16(12)23/h1-8,12,15H,(H,19,20,23). The zero-order valence-corrected chi connectivity index (χ0v) is 12.8. The zero-order chi connectivity index (χ0) is 17.6. The van der Waals surface area contributed by atoms with Gasteiger partial charge in [0, 0.05) is 12.1 Å². The summed E-state index contributed by atoms with van der Waals surface area (Å²) in [6, 6.07) is 14.7. The molecule has 1 N–H and O–H groups in total. The summed E-state index contributed by atoms with van der Waals surface area (Å²) in [7, 11) is 0. The molecule has 2 atom stereocenters. The first-order chi connectivity index (χ1) is 12.1. The monoisotopic (exact) mass is 333 g/mol. The number of nitrogens with zero attached hydrogens (tertiary/aromatic N) is 4. The van der Waals surface area contributed by atoms with Gasteiger partial charge < -0.3 is 4.57 Å². The molecule has 2 heterocycles. The lowest BCUT2D eigenvalue weighted by Gasteiger charge is -2.29. The highest BCUT2D eigenvalue weighted by atomic mass is 16.6. The average Bonchev–Trinajstić information content (AvgIpc) is 2.98. The smallest absolute Gasteiger partial charge is 0.269 e. The number of imidazole rings is 1. The summed E-state index contributed by atoms with van der Waals surface area (Å²) in [5, 5.41) is 23.0. The van der Waals surface area contributed by atoms with E-state index < -0.39 is 22.8 Å². The van der Waals surface area contributed by atoms with Crippen molar-refractivity contribution in [2.24, 2.45) is 5.92 Å². The summed E-state index contributed by atoms with van der Waals surface area (Å²) < 4.78 is 1.80. The first-order valence-corrected chi connectivity index (χ1v) is 7.52. The molecule has 0 aliphatic carbocycles. The Kier molecular flexibility index (Phi) is 3.22. The van der Waals surface area contributed by atoms with Crippen molar-refractivity contribution in [1.29, 1.82) is 5.26 Å². The summed E-state index contributed by atoms with van der Waals surface area (Å²) in [5.74, 6) is -1.04. The molecule has 4 rings (SSSR count). The van der Waals surface area contributed by atoms with Gasteiger partial charge in [0.2, 0.25) is 11.9 Å². The molecule has 2 unspecified atom stereocenters. The molecule has 1 aliphatic rings. The van der Waals surface area contributed by atoms with Gasteiger partial charge >= 0.3 is 0 Å². The number of hydrogen-bond acceptors (Lipinski definition) is 5. The fraction of sp³-hybridized carbons (Fsp3) is 0.118. The number of nitrogens with one attached hydrogen (secondary N) is 1. The van der Waals surface area contributed by atoms with Crippen molar-refractivity contribution in [2.45, 2.75) is 6.04 Å². The van der Waals surface area contributed by atoms with Crippen LogP contribution >= 0.6 is 0 Å². The van der Waals surface area contributed by atoms with Crippen LogP contribution in [0.15, 0.2) is 48.5 Å². The Hall–Kier alpha value is -3.73. The van der Waals surface area contributed by atoms with E-state index in [1.54, 1.807) is 16.7 Å². The van der Waals surface area contributed by atoms with Gasteiger partial charge in [0.05, 0.1) is 28.1 Å². The molecule has 25 heavy (non-hydrogen) atoms. The van der Waals surface area contributed by atoms with E-state index in [2.05, 4.69) is 10.3 Å². The van der Waals surface area contributed by atoms with Crippen LogP contribution in [0.1, 0.15) is 11.6 Å². The van der Waals surface area contributed by atoms with Crippen LogP contribution in [0.4, 0.5) is 11.6 Å². The van der Waals surface area contributed by atoms with Crippen LogP contribution in [0.25, 0.3) is 11.0 Å². The summed E-state index contributed by atoms with van der Waals surface area (Å²) in [4.78, 5) is 27.1. The van der Waals surface area contributed by atoms with E-state index in [1.165, 1.54) is 12.1 Å². The minimum absolute atomic E-state index is 0.0479. The molecule has 0 spiro atoms. The first kappa shape index (κ1) is 14.8. The molecule has 0 fully saturated rings. The van der Waals surface area contributed by atoms with Gasteiger partial charge in [0.1, 0.15) is 0 Å². The number of non-ortho nitro benzene ring substituents is 1. The van der Waals surface area contributed by atoms with Gasteiger partial charge in [-0.25, -0.2) is 4.98 Å². The molecule has 0 bridgehead atoms. The number of nitriles is 1. The molecule has 8 nitrogen and oxygen atoms in total. The SMILES string of the molecule is N#CC1C(=O)Nc2nc3ccccc3n2C1c1ccc([N+](=O)[O-])cc1. The Labute approximate surface area is 141 Å². The summed E-state index contributed by atoms with van der Waals surface area (Å²) in [6.45, 7) is 0. The Morgan fingerprint density at radius 1 is 1.20 bits per heavy atom. The second-order valence-corrected chi connectivity index (χ2v) is 5.68. The van der Waals surface area contributed by atoms with Crippen molar-refractivity contribution in [3.05, 3.63) is 64.2 Å². The highest BCUT2D eigenvalue weighted by Gasteiger charge is 2.38. The van der Waals surface area contributed by atoms with E-state index in [-0.39, 0.29) is 5.69 Å². The van der Waals surface area contributed by atoms with Gasteiger partial charge in [-0.05, 0) is 17.7 Å². The fourth-order valence-electron chi connectivity index (χ4n) is 3.16. The maximum atomic E-state index is 12.3. The second kappa shape index (κ2) is 5.42. The number of carbonyl (C=O) groups excluding carboxylic acids is 1. The predicted molar refractivity (Wildman–Crippen MR) is 88.7 cm³/mol. The van der Waals surface area contributed by atoms with E-state index in [0.717, 1.165) is 5.52 Å². The number of nitro groups is 1. The van der Waals surface area contributed by atoms with Crippen molar-refractivity contribution >= 4 is 28.6 Å². The van der Waals surface area contributed by atoms with Crippen molar-refractivity contribution < 1.29 is 9.72 Å². The Morgan fingerprint density at radius 2 is 1.92 bits per heavy atom. The van der Waals surface area contributed by atoms with Crippen molar-refractivity contribution in [1.82, 2.24) is 9.55 Å². The van der Waals surface area contributed by atoms with Crippen LogP contribution in [0.3, 0.4) is 0 Å². The van der Waals surface area contributed by atoms with Gasteiger partial charge in [0.15, 0.2) is 5.92 Å². The predicted octanol–water partition coefficient (Wildman–Crippen LogP) is 2.63. The van der Waals surface area contributed by atoms with Crippen LogP contribution in [-0.4, -0.2) is 20.4 Å². The number of carbonyl (C=O) groups is 1. The van der Waals surface area contributed by atoms with Gasteiger partial charge in [-0.1, -0.05) is 24.3 Å². The maximum Gasteiger partial charge on any atom is 0.269 e. The number of amides is 1. The minimum atomic E-state index is -0.966. The molecule has 1 amide bonds. The largest absolute Gasteiger partial charge is 0.300 e. The lowest BCUT2D eigenvalue weighted by Crippen LogP contribution is -2.37. The summed E-state index contributed by atoms with van der Waals surface area (Å²) in [6.07, 6.45) is 0. The molecular formula is C17H11N5O3. The van der Waals surface area contributed by atoms with Crippen molar-refractivity contribution in [3.63, 3.8) is 0 Å². The fourth-order valence-corrected chi connectivity index (χ4v) is 3.16. The number of benzene rings is 2. The van der Waals surface area contributed by atoms with Gasteiger partial charge in [-0.2, -0.15) is 5.26 Å². The molecule has 122 valence electrons. The van der Waals surface area contributed by atoms with Crippen LogP contribution in [0.2, 0.25) is 0 Å². The second-order valence-electron chi connectivity index (χ2n) is 5.68. The van der Waals surface area contributed by atoms with Crippen LogP contribution < -0.4 is 5.32 Å². The number of hydrogen-bond donors (Lipinski definition) is 1. The van der Waals surface area contributed by atoms with E-state index in [1.807, 2.05) is 30.3 Å². The van der Waals surface area contributed by atoms with Crippen molar-refractivity contribution in [3.8, 4) is 6.07 Å². The van der Waals surface area contributed by atoms with E-state index in [4.69, 9.17) is 0 Å². The Bertz CT molecular complexity index is 1050. The van der Waals surface area contributed by atoms with Gasteiger partial charge in [-0.15, -0.1) is 0 Å². The van der Waals surface area contributed by atoms with E-state index in [9.17, 15) is 20.2 Å². The first-order valence-electron chi connectivity index (χ1n) is 7.52. The number of fused-ring (bicyclic) bond motifs is 3. The number of rotatable bonds is 2. The molecule has 1 aliphatic heterocycles. The average molecular weight is 333 g/mol. The molecular weight excluding hydrogens is 322 g/mol. The Balaban J connectivity index is 1.94. The molecule has 0 radical (unpaired) electrons. The maximum absolute atomic E-state index is 12.3. The third-order valence-corrected chi connectivity index (χ3v) is 4.29. The third kappa shape index (κ3) is 2.21. The number of para-hydroxylation sites is 2. The summed E-state index contributed by atoms with van der Waals surface area (Å²) >= 11 is 0. The highest BCUT2D eigenvalue weighted by Crippen LogP contribution is 2.38. The van der Waals surface area contributed by atoms with E-state index in [0.29, 0.717) is 17.0 Å². The Morgan fingerprint density at radius 3 is 2.60 bits per heavy atom. The van der Waals surface area contributed by atoms with Crippen molar-refractivity contribution in [2.75, 3.05) is 5.32 Å². The zero-order valence-electron chi connectivity index (χ0n) is 12.8. The quantitative estimate of drug-likeness (QED) is 0.572. The van der Waals surface area contributed by atoms with Gasteiger partial charge in [-0.3, -0.25) is 20.2 Å². The molecule has 1 aromatic heterocycles. The molecule has 2 aromatic carbocycles. The van der Waals surface area contributed by atoms with Crippen LogP contribution in [0.5, 0.6) is 0 Å². The molecule has 3 aromatic rings. The topological polar surface area (TPSA) is 114 Å². The molecule has 8 heteroatoms. The van der Waals surface area contributed by atoms with Crippen LogP contribution in [0, 0.1) is 27.4 Å². The molecule has 0 saturated carbocycles. The lowest BCUT2D eigenvalue weighted by atomic mass is 9.91. The van der Waals surface area contributed by atoms with E-state index >= 15 is 0 Å².